The van der Waals surface area contributed by atoms with Crippen molar-refractivity contribution in [2.45, 2.75) is 33.4 Å². The molecule has 0 bridgehead atoms. The molecule has 0 fully saturated rings. The van der Waals surface area contributed by atoms with Crippen molar-refractivity contribution in [2.24, 2.45) is 11.7 Å². The molecule has 0 radical (unpaired) electrons. The fourth-order valence-corrected chi connectivity index (χ4v) is 1.65. The Balaban J connectivity index is 2.55. The van der Waals surface area contributed by atoms with E-state index < -0.39 is 0 Å². The Morgan fingerprint density at radius 1 is 1.42 bits per heavy atom. The summed E-state index contributed by atoms with van der Waals surface area (Å²) < 4.78 is 5.47. The van der Waals surface area contributed by atoms with Crippen LogP contribution in [0.25, 0.3) is 0 Å². The zero-order valence-electron chi connectivity index (χ0n) is 11.6. The Bertz CT molecular complexity index is 435. The first-order valence-electron chi connectivity index (χ1n) is 6.34. The van der Waals surface area contributed by atoms with Crippen molar-refractivity contribution in [3.05, 3.63) is 28.8 Å². The molecule has 1 aromatic rings. The quantitative estimate of drug-likeness (QED) is 0.843. The van der Waals surface area contributed by atoms with E-state index in [1.54, 1.807) is 18.2 Å². The second-order valence-electron chi connectivity index (χ2n) is 4.85. The summed E-state index contributed by atoms with van der Waals surface area (Å²) in [5.74, 6) is 0.845. The zero-order chi connectivity index (χ0) is 14.4. The summed E-state index contributed by atoms with van der Waals surface area (Å²) in [6.45, 7) is 6.37. The fraction of sp³-hybridized carbons (Fsp3) is 0.500. The van der Waals surface area contributed by atoms with Crippen LogP contribution in [0.5, 0.6) is 5.75 Å². The van der Waals surface area contributed by atoms with E-state index in [0.29, 0.717) is 23.2 Å². The first kappa shape index (κ1) is 15.8. The second kappa shape index (κ2) is 7.36. The Morgan fingerprint density at radius 3 is 2.68 bits per heavy atom. The Labute approximate surface area is 119 Å². The van der Waals surface area contributed by atoms with E-state index in [4.69, 9.17) is 22.1 Å². The van der Waals surface area contributed by atoms with Crippen LogP contribution in [0.3, 0.4) is 0 Å². The second-order valence-corrected chi connectivity index (χ2v) is 5.28. The normalized spacial score (nSPS) is 12.3. The third-order valence-corrected chi connectivity index (χ3v) is 3.22. The molecule has 1 amide bonds. The van der Waals surface area contributed by atoms with E-state index >= 15 is 0 Å². The first-order valence-corrected chi connectivity index (χ1v) is 6.72. The number of rotatable bonds is 6. The van der Waals surface area contributed by atoms with Crippen molar-refractivity contribution in [1.82, 2.24) is 5.32 Å². The summed E-state index contributed by atoms with van der Waals surface area (Å²) in [6, 6.07) is 5.30. The van der Waals surface area contributed by atoms with Crippen LogP contribution in [-0.2, 0) is 11.3 Å². The van der Waals surface area contributed by atoms with Gasteiger partial charge >= 0.3 is 0 Å². The van der Waals surface area contributed by atoms with E-state index in [2.05, 4.69) is 19.2 Å². The summed E-state index contributed by atoms with van der Waals surface area (Å²) in [6.07, 6.45) is 0. The van der Waals surface area contributed by atoms with Gasteiger partial charge in [-0.2, -0.15) is 0 Å². The largest absolute Gasteiger partial charge is 0.483 e. The lowest BCUT2D eigenvalue weighted by atomic mass is 10.1. The van der Waals surface area contributed by atoms with Crippen LogP contribution in [0.1, 0.15) is 26.3 Å². The van der Waals surface area contributed by atoms with Gasteiger partial charge < -0.3 is 15.8 Å². The minimum atomic E-state index is -0.140. The molecular formula is C14H21ClN2O2. The van der Waals surface area contributed by atoms with Crippen molar-refractivity contribution >= 4 is 17.5 Å². The number of carbonyl (C=O) groups excluding carboxylic acids is 1. The van der Waals surface area contributed by atoms with Gasteiger partial charge in [0.2, 0.25) is 0 Å². The molecule has 0 aliphatic heterocycles. The number of ether oxygens (including phenoxy) is 1. The molecule has 0 saturated carbocycles. The van der Waals surface area contributed by atoms with Gasteiger partial charge in [0.1, 0.15) is 5.75 Å². The highest BCUT2D eigenvalue weighted by molar-refractivity contribution is 6.30. The third-order valence-electron chi connectivity index (χ3n) is 2.99. The molecule has 106 valence electrons. The number of hydrogen-bond acceptors (Lipinski definition) is 3. The molecule has 0 aliphatic carbocycles. The molecule has 4 nitrogen and oxygen atoms in total. The van der Waals surface area contributed by atoms with Crippen LogP contribution in [-0.4, -0.2) is 18.6 Å². The Kier molecular flexibility index (Phi) is 6.12. The van der Waals surface area contributed by atoms with Gasteiger partial charge in [-0.3, -0.25) is 4.79 Å². The maximum atomic E-state index is 11.7. The van der Waals surface area contributed by atoms with Gasteiger partial charge in [-0.05, 0) is 31.0 Å². The predicted molar refractivity (Wildman–Crippen MR) is 77.3 cm³/mol. The molecule has 1 atom stereocenters. The number of amides is 1. The van der Waals surface area contributed by atoms with Crippen molar-refractivity contribution in [1.29, 1.82) is 0 Å². The van der Waals surface area contributed by atoms with Gasteiger partial charge in [-0.1, -0.05) is 25.4 Å². The van der Waals surface area contributed by atoms with Gasteiger partial charge in [0, 0.05) is 23.2 Å². The van der Waals surface area contributed by atoms with Crippen molar-refractivity contribution in [3.8, 4) is 5.75 Å². The average molecular weight is 285 g/mol. The summed E-state index contributed by atoms with van der Waals surface area (Å²) in [5.41, 5.74) is 6.40. The van der Waals surface area contributed by atoms with Crippen LogP contribution in [0.15, 0.2) is 18.2 Å². The Morgan fingerprint density at radius 2 is 2.11 bits per heavy atom. The topological polar surface area (TPSA) is 64.3 Å². The highest BCUT2D eigenvalue weighted by atomic mass is 35.5. The van der Waals surface area contributed by atoms with Crippen LogP contribution in [0.2, 0.25) is 5.02 Å². The number of benzene rings is 1. The first-order chi connectivity index (χ1) is 8.93. The molecule has 19 heavy (non-hydrogen) atoms. The van der Waals surface area contributed by atoms with Crippen LogP contribution in [0, 0.1) is 5.92 Å². The molecule has 0 spiro atoms. The SMILES string of the molecule is CC(C)C(C)NC(=O)COc1ccc(Cl)cc1CN. The highest BCUT2D eigenvalue weighted by Gasteiger charge is 2.12. The number of nitrogens with two attached hydrogens (primary N) is 1. The minimum Gasteiger partial charge on any atom is -0.483 e. The monoisotopic (exact) mass is 284 g/mol. The van der Waals surface area contributed by atoms with Crippen molar-refractivity contribution in [3.63, 3.8) is 0 Å². The van der Waals surface area contributed by atoms with Crippen LogP contribution in [0.4, 0.5) is 0 Å². The van der Waals surface area contributed by atoms with E-state index in [-0.39, 0.29) is 18.6 Å². The maximum absolute atomic E-state index is 11.7. The van der Waals surface area contributed by atoms with E-state index in [1.165, 1.54) is 0 Å². The summed E-state index contributed by atoms with van der Waals surface area (Å²) >= 11 is 5.87. The molecule has 0 saturated heterocycles. The number of hydrogen-bond donors (Lipinski definition) is 2. The van der Waals surface area contributed by atoms with Crippen LogP contribution >= 0.6 is 11.6 Å². The minimum absolute atomic E-state index is 0.0221. The highest BCUT2D eigenvalue weighted by Crippen LogP contribution is 2.22. The average Bonchev–Trinajstić information content (AvgIpc) is 2.36. The number of nitrogens with one attached hydrogen (secondary N) is 1. The number of halogens is 1. The van der Waals surface area contributed by atoms with Crippen molar-refractivity contribution in [2.75, 3.05) is 6.61 Å². The predicted octanol–water partition coefficient (Wildman–Crippen LogP) is 2.34. The smallest absolute Gasteiger partial charge is 0.258 e. The lowest BCUT2D eigenvalue weighted by Gasteiger charge is -2.18. The van der Waals surface area contributed by atoms with Gasteiger partial charge in [-0.25, -0.2) is 0 Å². The number of carbonyl (C=O) groups is 1. The van der Waals surface area contributed by atoms with Gasteiger partial charge in [0.05, 0.1) is 0 Å². The molecule has 0 aromatic heterocycles. The van der Waals surface area contributed by atoms with E-state index in [9.17, 15) is 4.79 Å². The van der Waals surface area contributed by atoms with Gasteiger partial charge in [0.15, 0.2) is 6.61 Å². The van der Waals surface area contributed by atoms with E-state index in [1.807, 2.05) is 6.92 Å². The lowest BCUT2D eigenvalue weighted by Crippen LogP contribution is -2.39. The molecule has 5 heteroatoms. The molecule has 1 unspecified atom stereocenters. The summed E-state index contributed by atoms with van der Waals surface area (Å²) in [4.78, 5) is 11.7. The molecule has 3 N–H and O–H groups in total. The molecule has 0 aliphatic rings. The lowest BCUT2D eigenvalue weighted by molar-refractivity contribution is -0.124. The van der Waals surface area contributed by atoms with Gasteiger partial charge in [-0.15, -0.1) is 0 Å². The molecule has 1 rings (SSSR count). The van der Waals surface area contributed by atoms with Crippen LogP contribution < -0.4 is 15.8 Å². The zero-order valence-corrected chi connectivity index (χ0v) is 12.3. The Hall–Kier alpha value is -1.26. The summed E-state index contributed by atoms with van der Waals surface area (Å²) in [5, 5.41) is 3.48. The molecule has 0 heterocycles. The van der Waals surface area contributed by atoms with Crippen molar-refractivity contribution < 1.29 is 9.53 Å². The maximum Gasteiger partial charge on any atom is 0.258 e. The van der Waals surface area contributed by atoms with E-state index in [0.717, 1.165) is 5.56 Å². The standard InChI is InChI=1S/C14H21ClN2O2/c1-9(2)10(3)17-14(18)8-19-13-5-4-12(15)6-11(13)7-16/h4-6,9-10H,7-8,16H2,1-3H3,(H,17,18). The molecule has 1 aromatic carbocycles. The summed E-state index contributed by atoms with van der Waals surface area (Å²) in [7, 11) is 0. The third kappa shape index (κ3) is 5.09. The molecular weight excluding hydrogens is 264 g/mol. The van der Waals surface area contributed by atoms with Gasteiger partial charge in [0.25, 0.3) is 5.91 Å². The fourth-order valence-electron chi connectivity index (χ4n) is 1.45.